The fourth-order valence-electron chi connectivity index (χ4n) is 3.41. The van der Waals surface area contributed by atoms with E-state index in [0.29, 0.717) is 23.9 Å². The van der Waals surface area contributed by atoms with Gasteiger partial charge in [0.1, 0.15) is 17.5 Å². The van der Waals surface area contributed by atoms with E-state index >= 15 is 0 Å². The van der Waals surface area contributed by atoms with Crippen molar-refractivity contribution >= 4 is 17.7 Å². The number of rotatable bonds is 7. The Hall–Kier alpha value is -3.08. The Labute approximate surface area is 158 Å². The monoisotopic (exact) mass is 367 g/mol. The smallest absolute Gasteiger partial charge is 0.224 e. The molecule has 2 aromatic heterocycles. The second kappa shape index (κ2) is 8.54. The Bertz CT molecular complexity index is 831. The molecule has 4 N–H and O–H groups in total. The zero-order chi connectivity index (χ0) is 19.2. The Morgan fingerprint density at radius 3 is 2.81 bits per heavy atom. The first kappa shape index (κ1) is 18.7. The van der Waals surface area contributed by atoms with Crippen LogP contribution in [0.3, 0.4) is 0 Å². The zero-order valence-corrected chi connectivity index (χ0v) is 15.5. The number of nitrogens with zero attached hydrogens (tertiary/aromatic N) is 4. The lowest BCUT2D eigenvalue weighted by atomic mass is 9.85. The van der Waals surface area contributed by atoms with E-state index in [0.717, 1.165) is 32.2 Å². The van der Waals surface area contributed by atoms with Crippen LogP contribution in [0, 0.1) is 24.2 Å². The minimum absolute atomic E-state index is 0.0433. The zero-order valence-electron chi connectivity index (χ0n) is 15.5. The second-order valence-corrected chi connectivity index (χ2v) is 6.93. The van der Waals surface area contributed by atoms with Crippen molar-refractivity contribution in [2.45, 2.75) is 45.2 Å². The van der Waals surface area contributed by atoms with E-state index in [4.69, 9.17) is 5.73 Å². The number of anilines is 2. The van der Waals surface area contributed by atoms with Crippen LogP contribution in [-0.2, 0) is 11.3 Å². The van der Waals surface area contributed by atoms with Gasteiger partial charge in [-0.05, 0) is 44.7 Å². The van der Waals surface area contributed by atoms with Gasteiger partial charge in [0.05, 0.1) is 6.20 Å². The summed E-state index contributed by atoms with van der Waals surface area (Å²) in [6.45, 7) is 3.56. The maximum Gasteiger partial charge on any atom is 0.224 e. The van der Waals surface area contributed by atoms with Crippen LogP contribution in [0.15, 0.2) is 24.5 Å². The number of amides is 1. The SMILES string of the molecule is Cc1cccn1CCNc1ncc(C#N)c(N[C@H]2CC[C@@H](C(N)=O)CC2)n1. The third-order valence-electron chi connectivity index (χ3n) is 5.07. The van der Waals surface area contributed by atoms with Crippen molar-refractivity contribution in [2.75, 3.05) is 17.2 Å². The summed E-state index contributed by atoms with van der Waals surface area (Å²) < 4.78 is 2.15. The molecule has 1 fully saturated rings. The van der Waals surface area contributed by atoms with Gasteiger partial charge in [-0.2, -0.15) is 10.2 Å². The van der Waals surface area contributed by atoms with Gasteiger partial charge in [-0.1, -0.05) is 0 Å². The number of hydrogen-bond acceptors (Lipinski definition) is 6. The first-order chi connectivity index (χ1) is 13.1. The largest absolute Gasteiger partial charge is 0.369 e. The van der Waals surface area contributed by atoms with E-state index in [1.165, 1.54) is 11.9 Å². The fraction of sp³-hybridized carbons (Fsp3) is 0.474. The number of primary amides is 1. The van der Waals surface area contributed by atoms with Crippen LogP contribution in [0.4, 0.5) is 11.8 Å². The van der Waals surface area contributed by atoms with Gasteiger partial charge in [0, 0.05) is 36.9 Å². The molecule has 0 aromatic carbocycles. The van der Waals surface area contributed by atoms with Gasteiger partial charge in [-0.3, -0.25) is 4.79 Å². The molecule has 0 saturated heterocycles. The number of nitrogens with one attached hydrogen (secondary N) is 2. The van der Waals surface area contributed by atoms with Crippen LogP contribution in [0.1, 0.15) is 36.9 Å². The lowest BCUT2D eigenvalue weighted by molar-refractivity contribution is -0.122. The van der Waals surface area contributed by atoms with Crippen LogP contribution in [0.25, 0.3) is 0 Å². The highest BCUT2D eigenvalue weighted by atomic mass is 16.1. The topological polar surface area (TPSA) is 122 Å². The molecule has 3 rings (SSSR count). The number of carbonyl (C=O) groups excluding carboxylic acids is 1. The molecule has 2 aromatic rings. The second-order valence-electron chi connectivity index (χ2n) is 6.93. The van der Waals surface area contributed by atoms with Crippen LogP contribution in [0.5, 0.6) is 0 Å². The average molecular weight is 367 g/mol. The molecule has 0 aliphatic heterocycles. The van der Waals surface area contributed by atoms with Crippen LogP contribution in [0.2, 0.25) is 0 Å². The van der Waals surface area contributed by atoms with Gasteiger partial charge in [0.15, 0.2) is 0 Å². The maximum absolute atomic E-state index is 11.3. The van der Waals surface area contributed by atoms with Crippen LogP contribution >= 0.6 is 0 Å². The van der Waals surface area contributed by atoms with Crippen molar-refractivity contribution < 1.29 is 4.79 Å². The predicted molar refractivity (Wildman–Crippen MR) is 103 cm³/mol. The molecule has 0 unspecified atom stereocenters. The third kappa shape index (κ3) is 4.76. The van der Waals surface area contributed by atoms with Gasteiger partial charge >= 0.3 is 0 Å². The van der Waals surface area contributed by atoms with E-state index in [-0.39, 0.29) is 17.9 Å². The molecule has 1 saturated carbocycles. The summed E-state index contributed by atoms with van der Waals surface area (Å²) in [7, 11) is 0. The van der Waals surface area contributed by atoms with Gasteiger partial charge in [-0.25, -0.2) is 4.98 Å². The molecule has 1 amide bonds. The molecule has 0 atom stereocenters. The average Bonchev–Trinajstić information content (AvgIpc) is 3.07. The summed E-state index contributed by atoms with van der Waals surface area (Å²) in [6, 6.07) is 6.39. The van der Waals surface area contributed by atoms with Gasteiger partial charge in [0.2, 0.25) is 11.9 Å². The number of hydrogen-bond donors (Lipinski definition) is 3. The van der Waals surface area contributed by atoms with Gasteiger partial charge in [-0.15, -0.1) is 0 Å². The summed E-state index contributed by atoms with van der Waals surface area (Å²) in [6.07, 6.45) is 6.76. The Kier molecular flexibility index (Phi) is 5.91. The highest BCUT2D eigenvalue weighted by molar-refractivity contribution is 5.76. The highest BCUT2D eigenvalue weighted by Gasteiger charge is 2.25. The third-order valence-corrected chi connectivity index (χ3v) is 5.07. The van der Waals surface area contributed by atoms with Crippen molar-refractivity contribution in [3.05, 3.63) is 35.8 Å². The predicted octanol–water partition coefficient (Wildman–Crippen LogP) is 2.03. The lowest BCUT2D eigenvalue weighted by Gasteiger charge is -2.28. The summed E-state index contributed by atoms with van der Waals surface area (Å²) in [5, 5.41) is 15.9. The molecule has 142 valence electrons. The van der Waals surface area contributed by atoms with Gasteiger partial charge < -0.3 is 20.9 Å². The minimum Gasteiger partial charge on any atom is -0.369 e. The summed E-state index contributed by atoms with van der Waals surface area (Å²) in [4.78, 5) is 20.0. The normalized spacial score (nSPS) is 19.3. The molecule has 2 heterocycles. The molecule has 0 radical (unpaired) electrons. The molecule has 8 heteroatoms. The van der Waals surface area contributed by atoms with Crippen LogP contribution in [-0.4, -0.2) is 33.0 Å². The highest BCUT2D eigenvalue weighted by Crippen LogP contribution is 2.27. The molecule has 0 bridgehead atoms. The van der Waals surface area contributed by atoms with Crippen molar-refractivity contribution in [1.82, 2.24) is 14.5 Å². The van der Waals surface area contributed by atoms with Gasteiger partial charge in [0.25, 0.3) is 0 Å². The van der Waals surface area contributed by atoms with Crippen LogP contribution < -0.4 is 16.4 Å². The molecular formula is C19H25N7O. The Balaban J connectivity index is 1.59. The number of aryl methyl sites for hydroxylation is 1. The molecule has 1 aliphatic rings. The molecule has 27 heavy (non-hydrogen) atoms. The summed E-state index contributed by atoms with van der Waals surface area (Å²) >= 11 is 0. The number of nitrogens with two attached hydrogens (primary N) is 1. The summed E-state index contributed by atoms with van der Waals surface area (Å²) in [5.41, 5.74) is 7.00. The fourth-order valence-corrected chi connectivity index (χ4v) is 3.41. The number of nitriles is 1. The molecular weight excluding hydrogens is 342 g/mol. The van der Waals surface area contributed by atoms with Crippen molar-refractivity contribution in [2.24, 2.45) is 11.7 Å². The first-order valence-electron chi connectivity index (χ1n) is 9.25. The first-order valence-corrected chi connectivity index (χ1v) is 9.25. The van der Waals surface area contributed by atoms with E-state index in [1.807, 2.05) is 12.3 Å². The maximum atomic E-state index is 11.3. The van der Waals surface area contributed by atoms with E-state index in [1.54, 1.807) is 0 Å². The quantitative estimate of drug-likeness (QED) is 0.688. The summed E-state index contributed by atoms with van der Waals surface area (Å²) in [5.74, 6) is 0.762. The van der Waals surface area contributed by atoms with E-state index in [9.17, 15) is 10.1 Å². The number of aromatic nitrogens is 3. The lowest BCUT2D eigenvalue weighted by Crippen LogP contribution is -2.32. The van der Waals surface area contributed by atoms with Crippen molar-refractivity contribution in [1.29, 1.82) is 5.26 Å². The van der Waals surface area contributed by atoms with Crippen molar-refractivity contribution in [3.63, 3.8) is 0 Å². The minimum atomic E-state index is -0.224. The standard InChI is InChI=1S/C19H25N7O/c1-13-3-2-9-26(13)10-8-22-19-23-12-15(11-20)18(25-19)24-16-6-4-14(5-7-16)17(21)27/h2-3,9,12,14,16H,4-8,10H2,1H3,(H2,21,27)(H2,22,23,24,25)/t14-,16+. The Morgan fingerprint density at radius 2 is 2.19 bits per heavy atom. The van der Waals surface area contributed by atoms with E-state index < -0.39 is 0 Å². The molecule has 8 nitrogen and oxygen atoms in total. The Morgan fingerprint density at radius 1 is 1.41 bits per heavy atom. The number of carbonyl (C=O) groups is 1. The molecule has 0 spiro atoms. The molecule has 1 aliphatic carbocycles. The van der Waals surface area contributed by atoms with Crippen molar-refractivity contribution in [3.8, 4) is 6.07 Å². The van der Waals surface area contributed by atoms with E-state index in [2.05, 4.69) is 44.2 Å².